The summed E-state index contributed by atoms with van der Waals surface area (Å²) in [5.74, 6) is 1.16. The van der Waals surface area contributed by atoms with E-state index in [1.807, 2.05) is 18.6 Å². The van der Waals surface area contributed by atoms with Gasteiger partial charge in [0.05, 0.1) is 12.1 Å². The predicted molar refractivity (Wildman–Crippen MR) is 68.1 cm³/mol. The molecule has 1 heterocycles. The lowest BCUT2D eigenvalue weighted by molar-refractivity contribution is -0.144. The molecule has 0 bridgehead atoms. The largest absolute Gasteiger partial charge is 0.466 e. The highest BCUT2D eigenvalue weighted by molar-refractivity contribution is 7.09. The van der Waals surface area contributed by atoms with Crippen molar-refractivity contribution in [1.82, 2.24) is 4.98 Å². The number of carbonyl (C=O) groups excluding carboxylic acids is 1. The summed E-state index contributed by atoms with van der Waals surface area (Å²) in [7, 11) is 0. The normalized spacial score (nSPS) is 24.5. The summed E-state index contributed by atoms with van der Waals surface area (Å²) < 4.78 is 5.00. The molecule has 1 saturated carbocycles. The van der Waals surface area contributed by atoms with Gasteiger partial charge in [-0.3, -0.25) is 9.78 Å². The highest BCUT2D eigenvalue weighted by atomic mass is 32.1. The van der Waals surface area contributed by atoms with E-state index in [0.717, 1.165) is 12.8 Å². The fraction of sp³-hybridized carbons (Fsp3) is 0.692. The van der Waals surface area contributed by atoms with Crippen molar-refractivity contribution in [1.29, 1.82) is 0 Å². The minimum absolute atomic E-state index is 0.0336. The van der Waals surface area contributed by atoms with Gasteiger partial charge < -0.3 is 4.74 Å². The number of aromatic nitrogens is 1. The van der Waals surface area contributed by atoms with Gasteiger partial charge in [-0.05, 0) is 44.4 Å². The maximum Gasteiger partial charge on any atom is 0.306 e. The molecule has 0 spiro atoms. The van der Waals surface area contributed by atoms with E-state index in [2.05, 4.69) is 4.98 Å². The third kappa shape index (κ3) is 3.53. The smallest absolute Gasteiger partial charge is 0.306 e. The SMILES string of the molecule is CCOC(=O)CC1CCC(c2cncs2)CC1. The van der Waals surface area contributed by atoms with Crippen molar-refractivity contribution in [3.8, 4) is 0 Å². The van der Waals surface area contributed by atoms with E-state index < -0.39 is 0 Å². The average molecular weight is 253 g/mol. The minimum Gasteiger partial charge on any atom is -0.466 e. The second-order valence-electron chi connectivity index (χ2n) is 4.63. The zero-order valence-corrected chi connectivity index (χ0v) is 11.0. The van der Waals surface area contributed by atoms with Crippen LogP contribution < -0.4 is 0 Å². The lowest BCUT2D eigenvalue weighted by Gasteiger charge is -2.27. The van der Waals surface area contributed by atoms with Crippen LogP contribution in [0.15, 0.2) is 11.7 Å². The number of thiazole rings is 1. The van der Waals surface area contributed by atoms with Crippen molar-refractivity contribution in [2.45, 2.75) is 44.9 Å². The van der Waals surface area contributed by atoms with E-state index >= 15 is 0 Å². The van der Waals surface area contributed by atoms with Gasteiger partial charge in [0.25, 0.3) is 0 Å². The summed E-state index contributed by atoms with van der Waals surface area (Å²) >= 11 is 1.75. The first-order chi connectivity index (χ1) is 8.29. The third-order valence-electron chi connectivity index (χ3n) is 3.46. The summed E-state index contributed by atoms with van der Waals surface area (Å²) in [6.45, 7) is 2.35. The fourth-order valence-electron chi connectivity index (χ4n) is 2.53. The zero-order valence-electron chi connectivity index (χ0n) is 10.2. The van der Waals surface area contributed by atoms with Gasteiger partial charge in [-0.25, -0.2) is 0 Å². The number of ether oxygens (including phenoxy) is 1. The lowest BCUT2D eigenvalue weighted by Crippen LogP contribution is -2.17. The molecule has 0 saturated heterocycles. The van der Waals surface area contributed by atoms with Gasteiger partial charge in [-0.1, -0.05) is 0 Å². The maximum atomic E-state index is 11.4. The number of hydrogen-bond donors (Lipinski definition) is 0. The molecule has 3 nitrogen and oxygen atoms in total. The molecule has 0 aliphatic heterocycles. The van der Waals surface area contributed by atoms with Crippen LogP contribution in [0.1, 0.15) is 49.8 Å². The molecule has 0 aromatic carbocycles. The summed E-state index contributed by atoms with van der Waals surface area (Å²) in [6, 6.07) is 0. The van der Waals surface area contributed by atoms with E-state index in [4.69, 9.17) is 4.74 Å². The van der Waals surface area contributed by atoms with Crippen LogP contribution in [-0.4, -0.2) is 17.6 Å². The highest BCUT2D eigenvalue weighted by Gasteiger charge is 2.25. The number of nitrogens with zero attached hydrogens (tertiary/aromatic N) is 1. The van der Waals surface area contributed by atoms with E-state index in [1.54, 1.807) is 11.3 Å². The molecule has 1 aromatic heterocycles. The van der Waals surface area contributed by atoms with Crippen LogP contribution in [0.25, 0.3) is 0 Å². The van der Waals surface area contributed by atoms with Crippen molar-refractivity contribution < 1.29 is 9.53 Å². The van der Waals surface area contributed by atoms with E-state index in [9.17, 15) is 4.79 Å². The van der Waals surface area contributed by atoms with Crippen LogP contribution in [0.4, 0.5) is 0 Å². The minimum atomic E-state index is -0.0336. The molecule has 0 N–H and O–H groups in total. The highest BCUT2D eigenvalue weighted by Crippen LogP contribution is 2.38. The van der Waals surface area contributed by atoms with Crippen LogP contribution in [0.3, 0.4) is 0 Å². The predicted octanol–water partition coefficient (Wildman–Crippen LogP) is 3.37. The molecule has 94 valence electrons. The average Bonchev–Trinajstić information content (AvgIpc) is 2.84. The Morgan fingerprint density at radius 3 is 2.82 bits per heavy atom. The molecule has 1 fully saturated rings. The number of carbonyl (C=O) groups is 1. The molecule has 0 radical (unpaired) electrons. The Morgan fingerprint density at radius 1 is 1.47 bits per heavy atom. The molecule has 2 rings (SSSR count). The quantitative estimate of drug-likeness (QED) is 0.772. The topological polar surface area (TPSA) is 39.2 Å². The van der Waals surface area contributed by atoms with Gasteiger partial charge in [0.2, 0.25) is 0 Å². The van der Waals surface area contributed by atoms with Crippen molar-refractivity contribution in [3.05, 3.63) is 16.6 Å². The second-order valence-corrected chi connectivity index (χ2v) is 5.55. The van der Waals surface area contributed by atoms with E-state index in [0.29, 0.717) is 24.9 Å². The molecule has 17 heavy (non-hydrogen) atoms. The Balaban J connectivity index is 1.76. The molecule has 1 aliphatic rings. The van der Waals surface area contributed by atoms with E-state index in [1.165, 1.54) is 17.7 Å². The van der Waals surface area contributed by atoms with Crippen molar-refractivity contribution in [2.75, 3.05) is 6.61 Å². The molecule has 1 aliphatic carbocycles. The van der Waals surface area contributed by atoms with Crippen LogP contribution in [-0.2, 0) is 9.53 Å². The zero-order chi connectivity index (χ0) is 12.1. The van der Waals surface area contributed by atoms with E-state index in [-0.39, 0.29) is 5.97 Å². The van der Waals surface area contributed by atoms with Crippen LogP contribution in [0.5, 0.6) is 0 Å². The molecular weight excluding hydrogens is 234 g/mol. The standard InChI is InChI=1S/C13H19NO2S/c1-2-16-13(15)7-10-3-5-11(6-4-10)12-8-14-9-17-12/h8-11H,2-7H2,1H3. The Labute approximate surface area is 106 Å². The first kappa shape index (κ1) is 12.6. The first-order valence-electron chi connectivity index (χ1n) is 6.33. The van der Waals surface area contributed by atoms with Gasteiger partial charge in [-0.2, -0.15) is 0 Å². The van der Waals surface area contributed by atoms with Gasteiger partial charge in [0.15, 0.2) is 0 Å². The summed E-state index contributed by atoms with van der Waals surface area (Å²) in [4.78, 5) is 16.9. The van der Waals surface area contributed by atoms with Crippen molar-refractivity contribution >= 4 is 17.3 Å². The Kier molecular flexibility index (Phi) is 4.54. The molecule has 1 aromatic rings. The second kappa shape index (κ2) is 6.15. The number of esters is 1. The number of rotatable bonds is 4. The van der Waals surface area contributed by atoms with Crippen LogP contribution >= 0.6 is 11.3 Å². The molecular formula is C13H19NO2S. The number of hydrogen-bond acceptors (Lipinski definition) is 4. The molecule has 0 unspecified atom stereocenters. The summed E-state index contributed by atoms with van der Waals surface area (Å²) in [5, 5.41) is 0. The molecule has 0 atom stereocenters. The Morgan fingerprint density at radius 2 is 2.24 bits per heavy atom. The summed E-state index contributed by atoms with van der Waals surface area (Å²) in [6.07, 6.45) is 7.24. The van der Waals surface area contributed by atoms with Gasteiger partial charge in [-0.15, -0.1) is 11.3 Å². The third-order valence-corrected chi connectivity index (χ3v) is 4.40. The van der Waals surface area contributed by atoms with Crippen molar-refractivity contribution in [2.24, 2.45) is 5.92 Å². The molecule has 4 heteroatoms. The van der Waals surface area contributed by atoms with Gasteiger partial charge >= 0.3 is 5.97 Å². The lowest BCUT2D eigenvalue weighted by atomic mass is 9.80. The first-order valence-corrected chi connectivity index (χ1v) is 7.21. The van der Waals surface area contributed by atoms with Crippen molar-refractivity contribution in [3.63, 3.8) is 0 Å². The fourth-order valence-corrected chi connectivity index (χ4v) is 3.33. The van der Waals surface area contributed by atoms with Crippen LogP contribution in [0, 0.1) is 5.92 Å². The summed E-state index contributed by atoms with van der Waals surface area (Å²) in [5.41, 5.74) is 1.90. The van der Waals surface area contributed by atoms with Crippen LogP contribution in [0.2, 0.25) is 0 Å². The van der Waals surface area contributed by atoms with Gasteiger partial charge in [0, 0.05) is 17.5 Å². The Hall–Kier alpha value is -0.900. The Bertz CT molecular complexity index is 342. The monoisotopic (exact) mass is 253 g/mol. The van der Waals surface area contributed by atoms with Gasteiger partial charge in [0.1, 0.15) is 0 Å². The maximum absolute atomic E-state index is 11.4. The molecule has 0 amide bonds.